The van der Waals surface area contributed by atoms with Crippen LogP contribution < -0.4 is 10.5 Å². The highest BCUT2D eigenvalue weighted by Crippen LogP contribution is 2.28. The van der Waals surface area contributed by atoms with E-state index < -0.39 is 0 Å². The van der Waals surface area contributed by atoms with Crippen molar-refractivity contribution in [1.82, 2.24) is 4.90 Å². The van der Waals surface area contributed by atoms with Gasteiger partial charge in [-0.3, -0.25) is 4.90 Å². The highest BCUT2D eigenvalue weighted by Gasteiger charge is 2.19. The molecule has 2 aromatic carbocycles. The maximum atomic E-state index is 6.30. The predicted molar refractivity (Wildman–Crippen MR) is 87.7 cm³/mol. The SMILES string of the molecule is COc1ccccc1CN(C)C(CN)c1ccccc1Cl. The van der Waals surface area contributed by atoms with Gasteiger partial charge in [0.1, 0.15) is 5.75 Å². The molecule has 0 saturated heterocycles. The molecule has 4 heteroatoms. The van der Waals surface area contributed by atoms with Crippen LogP contribution in [0.4, 0.5) is 0 Å². The molecule has 3 nitrogen and oxygen atoms in total. The second kappa shape index (κ2) is 7.46. The topological polar surface area (TPSA) is 38.5 Å². The maximum absolute atomic E-state index is 6.30. The molecule has 0 aliphatic carbocycles. The van der Waals surface area contributed by atoms with Crippen molar-refractivity contribution in [2.75, 3.05) is 20.7 Å². The summed E-state index contributed by atoms with van der Waals surface area (Å²) in [5, 5.41) is 0.750. The van der Waals surface area contributed by atoms with Gasteiger partial charge >= 0.3 is 0 Å². The number of hydrogen-bond acceptors (Lipinski definition) is 3. The molecule has 0 fully saturated rings. The number of nitrogens with two attached hydrogens (primary N) is 1. The number of methoxy groups -OCH3 is 1. The van der Waals surface area contributed by atoms with Crippen LogP contribution in [0.5, 0.6) is 5.75 Å². The zero-order valence-electron chi connectivity index (χ0n) is 12.4. The molecule has 0 radical (unpaired) electrons. The third kappa shape index (κ3) is 3.76. The molecule has 0 saturated carbocycles. The quantitative estimate of drug-likeness (QED) is 0.888. The first kappa shape index (κ1) is 15.8. The van der Waals surface area contributed by atoms with E-state index in [1.54, 1.807) is 7.11 Å². The first-order chi connectivity index (χ1) is 10.2. The van der Waals surface area contributed by atoms with Crippen molar-refractivity contribution < 1.29 is 4.74 Å². The monoisotopic (exact) mass is 304 g/mol. The molecule has 0 heterocycles. The van der Waals surface area contributed by atoms with E-state index in [1.165, 1.54) is 0 Å². The van der Waals surface area contributed by atoms with Crippen molar-refractivity contribution >= 4 is 11.6 Å². The van der Waals surface area contributed by atoms with Crippen LogP contribution in [-0.2, 0) is 6.54 Å². The lowest BCUT2D eigenvalue weighted by Crippen LogP contribution is -2.30. The number of rotatable bonds is 6. The van der Waals surface area contributed by atoms with Gasteiger partial charge in [-0.1, -0.05) is 48.0 Å². The molecule has 0 spiro atoms. The average molecular weight is 305 g/mol. The van der Waals surface area contributed by atoms with Crippen LogP contribution in [0.3, 0.4) is 0 Å². The van der Waals surface area contributed by atoms with Gasteiger partial charge in [0.15, 0.2) is 0 Å². The summed E-state index contributed by atoms with van der Waals surface area (Å²) in [6, 6.07) is 15.9. The minimum Gasteiger partial charge on any atom is -0.496 e. The zero-order chi connectivity index (χ0) is 15.2. The number of hydrogen-bond donors (Lipinski definition) is 1. The Morgan fingerprint density at radius 1 is 1.14 bits per heavy atom. The zero-order valence-corrected chi connectivity index (χ0v) is 13.2. The van der Waals surface area contributed by atoms with Gasteiger partial charge in [0.05, 0.1) is 7.11 Å². The van der Waals surface area contributed by atoms with Crippen molar-refractivity contribution in [2.24, 2.45) is 5.73 Å². The minimum absolute atomic E-state index is 0.0728. The molecule has 0 aromatic heterocycles. The Hall–Kier alpha value is -1.55. The van der Waals surface area contributed by atoms with Crippen LogP contribution in [0.15, 0.2) is 48.5 Å². The van der Waals surface area contributed by atoms with Crippen LogP contribution >= 0.6 is 11.6 Å². The third-order valence-corrected chi connectivity index (χ3v) is 3.98. The van der Waals surface area contributed by atoms with Crippen molar-refractivity contribution in [2.45, 2.75) is 12.6 Å². The number of likely N-dealkylation sites (N-methyl/N-ethyl adjacent to an activating group) is 1. The Balaban J connectivity index is 2.21. The van der Waals surface area contributed by atoms with Crippen molar-refractivity contribution in [3.05, 3.63) is 64.7 Å². The summed E-state index contributed by atoms with van der Waals surface area (Å²) < 4.78 is 5.41. The van der Waals surface area contributed by atoms with Gasteiger partial charge in [-0.25, -0.2) is 0 Å². The highest BCUT2D eigenvalue weighted by atomic mass is 35.5. The standard InChI is InChI=1S/C17H21ClN2O/c1-20(12-13-7-3-6-10-17(13)21-2)16(11-19)14-8-4-5-9-15(14)18/h3-10,16H,11-12,19H2,1-2H3. The van der Waals surface area contributed by atoms with E-state index in [4.69, 9.17) is 22.1 Å². The van der Waals surface area contributed by atoms with Crippen LogP contribution in [0.2, 0.25) is 5.02 Å². The molecule has 0 aliphatic rings. The van der Waals surface area contributed by atoms with E-state index in [2.05, 4.69) is 11.0 Å². The number of halogens is 1. The van der Waals surface area contributed by atoms with E-state index in [0.717, 1.165) is 28.4 Å². The Bertz CT molecular complexity index is 589. The number of benzene rings is 2. The third-order valence-electron chi connectivity index (χ3n) is 3.63. The van der Waals surface area contributed by atoms with Crippen molar-refractivity contribution in [3.63, 3.8) is 0 Å². The van der Waals surface area contributed by atoms with Crippen molar-refractivity contribution in [1.29, 1.82) is 0 Å². The second-order valence-corrected chi connectivity index (χ2v) is 5.41. The lowest BCUT2D eigenvalue weighted by molar-refractivity contribution is 0.238. The number of para-hydroxylation sites is 1. The summed E-state index contributed by atoms with van der Waals surface area (Å²) in [4.78, 5) is 2.19. The van der Waals surface area contributed by atoms with E-state index in [-0.39, 0.29) is 6.04 Å². The van der Waals surface area contributed by atoms with Crippen LogP contribution in [0.1, 0.15) is 17.2 Å². The lowest BCUT2D eigenvalue weighted by atomic mass is 10.0. The smallest absolute Gasteiger partial charge is 0.123 e. The Labute approximate surface area is 131 Å². The molecular formula is C17H21ClN2O. The van der Waals surface area contributed by atoms with E-state index in [1.807, 2.05) is 49.5 Å². The number of nitrogens with zero attached hydrogens (tertiary/aromatic N) is 1. The lowest BCUT2D eigenvalue weighted by Gasteiger charge is -2.28. The van der Waals surface area contributed by atoms with Crippen molar-refractivity contribution in [3.8, 4) is 5.75 Å². The van der Waals surface area contributed by atoms with Crippen LogP contribution in [0, 0.1) is 0 Å². The predicted octanol–water partition coefficient (Wildman–Crippen LogP) is 3.48. The summed E-state index contributed by atoms with van der Waals surface area (Å²) in [5.74, 6) is 0.888. The van der Waals surface area contributed by atoms with Gasteiger partial charge in [-0.05, 0) is 24.7 Å². The fraction of sp³-hybridized carbons (Fsp3) is 0.294. The van der Waals surface area contributed by atoms with Gasteiger partial charge in [-0.2, -0.15) is 0 Å². The van der Waals surface area contributed by atoms with Crippen LogP contribution in [0.25, 0.3) is 0 Å². The Kier molecular flexibility index (Phi) is 5.62. The largest absolute Gasteiger partial charge is 0.496 e. The van der Waals surface area contributed by atoms with E-state index in [0.29, 0.717) is 6.54 Å². The molecule has 0 aliphatic heterocycles. The molecule has 0 amide bonds. The molecule has 1 atom stereocenters. The summed E-state index contributed by atoms with van der Waals surface area (Å²) >= 11 is 6.30. The van der Waals surface area contributed by atoms with Gasteiger partial charge in [0.25, 0.3) is 0 Å². The fourth-order valence-electron chi connectivity index (χ4n) is 2.50. The number of ether oxygens (including phenoxy) is 1. The minimum atomic E-state index is 0.0728. The van der Waals surface area contributed by atoms with Gasteiger partial charge in [0.2, 0.25) is 0 Å². The fourth-order valence-corrected chi connectivity index (χ4v) is 2.76. The van der Waals surface area contributed by atoms with E-state index in [9.17, 15) is 0 Å². The van der Waals surface area contributed by atoms with Gasteiger partial charge < -0.3 is 10.5 Å². The molecular weight excluding hydrogens is 284 g/mol. The molecule has 0 bridgehead atoms. The Morgan fingerprint density at radius 2 is 1.81 bits per heavy atom. The Morgan fingerprint density at radius 3 is 2.48 bits per heavy atom. The molecule has 2 aromatic rings. The summed E-state index contributed by atoms with van der Waals surface area (Å²) in [5.41, 5.74) is 8.15. The van der Waals surface area contributed by atoms with Gasteiger partial charge in [0, 0.05) is 29.7 Å². The summed E-state index contributed by atoms with van der Waals surface area (Å²) in [7, 11) is 3.74. The maximum Gasteiger partial charge on any atom is 0.123 e. The first-order valence-corrected chi connectivity index (χ1v) is 7.31. The summed E-state index contributed by atoms with van der Waals surface area (Å²) in [6.07, 6.45) is 0. The average Bonchev–Trinajstić information content (AvgIpc) is 2.50. The molecule has 112 valence electrons. The second-order valence-electron chi connectivity index (χ2n) is 5.00. The normalized spacial score (nSPS) is 12.4. The molecule has 2 N–H and O–H groups in total. The van der Waals surface area contributed by atoms with Crippen LogP contribution in [-0.4, -0.2) is 25.6 Å². The first-order valence-electron chi connectivity index (χ1n) is 6.94. The molecule has 21 heavy (non-hydrogen) atoms. The molecule has 1 unspecified atom stereocenters. The molecule has 2 rings (SSSR count). The van der Waals surface area contributed by atoms with E-state index >= 15 is 0 Å². The summed E-state index contributed by atoms with van der Waals surface area (Å²) in [6.45, 7) is 1.26. The van der Waals surface area contributed by atoms with Gasteiger partial charge in [-0.15, -0.1) is 0 Å². The highest BCUT2D eigenvalue weighted by molar-refractivity contribution is 6.31.